The third-order valence-corrected chi connectivity index (χ3v) is 1.99. The van der Waals surface area contributed by atoms with Gasteiger partial charge in [-0.05, 0) is 25.5 Å². The third-order valence-electron chi connectivity index (χ3n) is 1.99. The Morgan fingerprint density at radius 3 is 2.86 bits per heavy atom. The number of amides is 1. The highest BCUT2D eigenvalue weighted by molar-refractivity contribution is 5.99. The molecule has 3 heteroatoms. The van der Waals surface area contributed by atoms with Gasteiger partial charge in [-0.1, -0.05) is 18.6 Å². The number of rotatable bonds is 3. The third kappa shape index (κ3) is 2.49. The van der Waals surface area contributed by atoms with E-state index in [1.165, 1.54) is 0 Å². The number of benzene rings is 1. The van der Waals surface area contributed by atoms with Gasteiger partial charge in [-0.25, -0.2) is 0 Å². The minimum absolute atomic E-state index is 0.0898. The molecular weight excluding hydrogens is 176 g/mol. The monoisotopic (exact) mass is 192 g/mol. The second-order valence-electron chi connectivity index (χ2n) is 3.35. The zero-order valence-electron chi connectivity index (χ0n) is 8.63. The van der Waals surface area contributed by atoms with Crippen LogP contribution in [0.15, 0.2) is 18.2 Å². The first kappa shape index (κ1) is 10.6. The van der Waals surface area contributed by atoms with Gasteiger partial charge in [-0.2, -0.15) is 0 Å². The molecule has 0 unspecified atom stereocenters. The van der Waals surface area contributed by atoms with Gasteiger partial charge in [0.1, 0.15) is 0 Å². The quantitative estimate of drug-likeness (QED) is 0.716. The smallest absolute Gasteiger partial charge is 0.253 e. The number of hydrogen-bond donors (Lipinski definition) is 2. The molecule has 0 aliphatic carbocycles. The van der Waals surface area contributed by atoms with Crippen molar-refractivity contribution in [1.29, 1.82) is 0 Å². The molecule has 1 amide bonds. The molecule has 0 aromatic heterocycles. The fourth-order valence-electron chi connectivity index (χ4n) is 1.20. The Labute approximate surface area is 84.3 Å². The highest BCUT2D eigenvalue weighted by Gasteiger charge is 2.08. The lowest BCUT2D eigenvalue weighted by atomic mass is 10.1. The minimum Gasteiger partial charge on any atom is -0.398 e. The van der Waals surface area contributed by atoms with E-state index >= 15 is 0 Å². The number of carbonyl (C=O) groups is 1. The van der Waals surface area contributed by atoms with E-state index in [1.807, 2.05) is 19.9 Å². The van der Waals surface area contributed by atoms with Crippen LogP contribution in [0, 0.1) is 6.92 Å². The second-order valence-corrected chi connectivity index (χ2v) is 3.35. The molecule has 0 fully saturated rings. The molecule has 14 heavy (non-hydrogen) atoms. The Hall–Kier alpha value is -1.51. The van der Waals surface area contributed by atoms with Gasteiger partial charge in [0.05, 0.1) is 5.56 Å². The molecule has 1 aromatic carbocycles. The summed E-state index contributed by atoms with van der Waals surface area (Å²) in [5, 5.41) is 2.80. The average molecular weight is 192 g/mol. The van der Waals surface area contributed by atoms with Gasteiger partial charge in [0.15, 0.2) is 0 Å². The molecule has 0 spiro atoms. The van der Waals surface area contributed by atoms with Crippen LogP contribution in [0.2, 0.25) is 0 Å². The predicted octanol–water partition coefficient (Wildman–Crippen LogP) is 1.72. The van der Waals surface area contributed by atoms with E-state index in [-0.39, 0.29) is 5.91 Å². The summed E-state index contributed by atoms with van der Waals surface area (Å²) in [5.74, 6) is -0.0898. The number of nitrogen functional groups attached to an aromatic ring is 1. The lowest BCUT2D eigenvalue weighted by molar-refractivity contribution is 0.0954. The van der Waals surface area contributed by atoms with Gasteiger partial charge >= 0.3 is 0 Å². The summed E-state index contributed by atoms with van der Waals surface area (Å²) >= 11 is 0. The van der Waals surface area contributed by atoms with Crippen LogP contribution in [0.3, 0.4) is 0 Å². The second kappa shape index (κ2) is 4.65. The summed E-state index contributed by atoms with van der Waals surface area (Å²) in [4.78, 5) is 11.6. The van der Waals surface area contributed by atoms with Crippen LogP contribution in [0.4, 0.5) is 5.69 Å². The highest BCUT2D eigenvalue weighted by Crippen LogP contribution is 2.13. The van der Waals surface area contributed by atoms with E-state index in [1.54, 1.807) is 12.1 Å². The number of hydrogen-bond acceptors (Lipinski definition) is 2. The minimum atomic E-state index is -0.0898. The predicted molar refractivity (Wildman–Crippen MR) is 58.2 cm³/mol. The van der Waals surface area contributed by atoms with Crippen molar-refractivity contribution in [3.05, 3.63) is 29.3 Å². The Morgan fingerprint density at radius 2 is 2.21 bits per heavy atom. The first-order valence-corrected chi connectivity index (χ1v) is 4.79. The largest absolute Gasteiger partial charge is 0.398 e. The first-order valence-electron chi connectivity index (χ1n) is 4.79. The van der Waals surface area contributed by atoms with Crippen LogP contribution >= 0.6 is 0 Å². The van der Waals surface area contributed by atoms with Crippen LogP contribution < -0.4 is 11.1 Å². The van der Waals surface area contributed by atoms with Gasteiger partial charge in [0.25, 0.3) is 5.91 Å². The number of nitrogens with two attached hydrogens (primary N) is 1. The summed E-state index contributed by atoms with van der Waals surface area (Å²) in [6, 6.07) is 5.46. The molecule has 76 valence electrons. The molecule has 0 saturated heterocycles. The average Bonchev–Trinajstić information content (AvgIpc) is 2.18. The van der Waals surface area contributed by atoms with Crippen molar-refractivity contribution in [3.63, 3.8) is 0 Å². The van der Waals surface area contributed by atoms with E-state index in [0.717, 1.165) is 12.0 Å². The summed E-state index contributed by atoms with van der Waals surface area (Å²) in [7, 11) is 0. The zero-order valence-corrected chi connectivity index (χ0v) is 8.63. The Morgan fingerprint density at radius 1 is 1.50 bits per heavy atom. The van der Waals surface area contributed by atoms with Gasteiger partial charge < -0.3 is 11.1 Å². The van der Waals surface area contributed by atoms with Crippen molar-refractivity contribution in [1.82, 2.24) is 5.32 Å². The standard InChI is InChI=1S/C11H16N2O/c1-3-6-13-11(14)9-7-8(2)4-5-10(9)12/h4-5,7H,3,6,12H2,1-2H3,(H,13,14). The number of nitrogens with one attached hydrogen (secondary N) is 1. The summed E-state index contributed by atoms with van der Waals surface area (Å²) in [5.41, 5.74) is 7.84. The van der Waals surface area contributed by atoms with Crippen LogP contribution in [0.25, 0.3) is 0 Å². The van der Waals surface area contributed by atoms with Crippen LogP contribution in [-0.4, -0.2) is 12.5 Å². The van der Waals surface area contributed by atoms with Crippen LogP contribution in [-0.2, 0) is 0 Å². The van der Waals surface area contributed by atoms with E-state index in [4.69, 9.17) is 5.73 Å². The van der Waals surface area contributed by atoms with Gasteiger partial charge in [-0.15, -0.1) is 0 Å². The number of aryl methyl sites for hydroxylation is 1. The number of carbonyl (C=O) groups excluding carboxylic acids is 1. The topological polar surface area (TPSA) is 55.1 Å². The molecule has 0 heterocycles. The van der Waals surface area contributed by atoms with Gasteiger partial charge in [-0.3, -0.25) is 4.79 Å². The van der Waals surface area contributed by atoms with Crippen molar-refractivity contribution >= 4 is 11.6 Å². The molecule has 0 aliphatic heterocycles. The molecule has 0 radical (unpaired) electrons. The molecule has 3 N–H and O–H groups in total. The summed E-state index contributed by atoms with van der Waals surface area (Å²) < 4.78 is 0. The Kier molecular flexibility index (Phi) is 3.51. The van der Waals surface area contributed by atoms with Gasteiger partial charge in [0, 0.05) is 12.2 Å². The SMILES string of the molecule is CCCNC(=O)c1cc(C)ccc1N. The van der Waals surface area contributed by atoms with Crippen molar-refractivity contribution < 1.29 is 4.79 Å². The van der Waals surface area contributed by atoms with Crippen molar-refractivity contribution in [2.45, 2.75) is 20.3 Å². The molecule has 1 aromatic rings. The van der Waals surface area contributed by atoms with E-state index in [2.05, 4.69) is 5.32 Å². The van der Waals surface area contributed by atoms with Crippen LogP contribution in [0.1, 0.15) is 29.3 Å². The van der Waals surface area contributed by atoms with E-state index in [0.29, 0.717) is 17.8 Å². The molecular formula is C11H16N2O. The maximum absolute atomic E-state index is 11.6. The Bertz CT molecular complexity index is 334. The maximum atomic E-state index is 11.6. The molecule has 0 atom stereocenters. The lowest BCUT2D eigenvalue weighted by Gasteiger charge is -2.07. The molecule has 0 bridgehead atoms. The molecule has 0 saturated carbocycles. The van der Waals surface area contributed by atoms with Gasteiger partial charge in [0.2, 0.25) is 0 Å². The maximum Gasteiger partial charge on any atom is 0.253 e. The summed E-state index contributed by atoms with van der Waals surface area (Å²) in [6.45, 7) is 4.64. The van der Waals surface area contributed by atoms with Crippen molar-refractivity contribution in [2.24, 2.45) is 0 Å². The normalized spacial score (nSPS) is 9.86. The summed E-state index contributed by atoms with van der Waals surface area (Å²) in [6.07, 6.45) is 0.928. The Balaban J connectivity index is 2.83. The molecule has 1 rings (SSSR count). The fraction of sp³-hybridized carbons (Fsp3) is 0.364. The van der Waals surface area contributed by atoms with Crippen molar-refractivity contribution in [3.8, 4) is 0 Å². The lowest BCUT2D eigenvalue weighted by Crippen LogP contribution is -2.24. The zero-order chi connectivity index (χ0) is 10.6. The van der Waals surface area contributed by atoms with Crippen LogP contribution in [0.5, 0.6) is 0 Å². The van der Waals surface area contributed by atoms with E-state index < -0.39 is 0 Å². The highest BCUT2D eigenvalue weighted by atomic mass is 16.1. The van der Waals surface area contributed by atoms with Crippen molar-refractivity contribution in [2.75, 3.05) is 12.3 Å². The van der Waals surface area contributed by atoms with E-state index in [9.17, 15) is 4.79 Å². The molecule has 3 nitrogen and oxygen atoms in total. The first-order chi connectivity index (χ1) is 6.65. The fourth-order valence-corrected chi connectivity index (χ4v) is 1.20. The molecule has 0 aliphatic rings. The number of anilines is 1.